The third kappa shape index (κ3) is 5.26. The molecule has 0 bridgehead atoms. The minimum Gasteiger partial charge on any atom is -0.448 e. The molecule has 2 aromatic carbocycles. The predicted molar refractivity (Wildman–Crippen MR) is 159 cm³/mol. The van der Waals surface area contributed by atoms with E-state index < -0.39 is 29.4 Å². The number of tetrazole rings is 1. The Morgan fingerprint density at radius 3 is 2.36 bits per heavy atom. The first kappa shape index (κ1) is 27.6. The lowest BCUT2D eigenvalue weighted by Crippen LogP contribution is -2.70. The zero-order chi connectivity index (χ0) is 29.2. The Hall–Kier alpha value is -4.55. The van der Waals surface area contributed by atoms with Crippen molar-refractivity contribution >= 4 is 46.5 Å². The molecule has 1 unspecified atom stereocenters. The first-order valence-corrected chi connectivity index (χ1v) is 15.1. The monoisotopic (exact) mass is 598 g/mol. The van der Waals surface area contributed by atoms with E-state index in [0.717, 1.165) is 16.0 Å². The predicted octanol–water partition coefficient (Wildman–Crippen LogP) is 3.51. The van der Waals surface area contributed by atoms with Crippen LogP contribution >= 0.6 is 23.1 Å². The summed E-state index contributed by atoms with van der Waals surface area (Å²) >= 11 is 2.91. The Labute approximate surface area is 250 Å². The number of carbonyl (C=O) groups excluding carboxylic acids is 3. The molecule has 12 heteroatoms. The fraction of sp³-hybridized carbons (Fsp3) is 0.200. The molecule has 2 atom stereocenters. The van der Waals surface area contributed by atoms with E-state index in [9.17, 15) is 14.4 Å². The molecule has 1 N–H and O–H groups in total. The number of benzene rings is 2. The number of ether oxygens (including phenoxy) is 1. The summed E-state index contributed by atoms with van der Waals surface area (Å²) < 4.78 is 7.65. The van der Waals surface area contributed by atoms with Crippen LogP contribution in [-0.2, 0) is 32.6 Å². The fourth-order valence-electron chi connectivity index (χ4n) is 5.00. The van der Waals surface area contributed by atoms with E-state index in [0.29, 0.717) is 22.7 Å². The maximum absolute atomic E-state index is 14.1. The van der Waals surface area contributed by atoms with Crippen molar-refractivity contribution in [3.63, 3.8) is 0 Å². The number of allylic oxidation sites excluding steroid dienone is 1. The van der Waals surface area contributed by atoms with Gasteiger partial charge in [0.25, 0.3) is 5.91 Å². The summed E-state index contributed by atoms with van der Waals surface area (Å²) in [5.41, 5.74) is 2.55. The zero-order valence-electron chi connectivity index (χ0n) is 22.5. The molecular weight excluding hydrogens is 573 g/mol. The number of hydrogen-bond acceptors (Lipinski definition) is 9. The van der Waals surface area contributed by atoms with Crippen LogP contribution in [0.1, 0.15) is 27.9 Å². The number of rotatable bonds is 9. The highest BCUT2D eigenvalue weighted by atomic mass is 32.2. The van der Waals surface area contributed by atoms with Gasteiger partial charge in [-0.3, -0.25) is 14.5 Å². The molecule has 1 fully saturated rings. The Morgan fingerprint density at radius 2 is 1.76 bits per heavy atom. The van der Waals surface area contributed by atoms with Gasteiger partial charge in [0.15, 0.2) is 11.9 Å². The summed E-state index contributed by atoms with van der Waals surface area (Å²) in [6, 6.07) is 21.8. The molecule has 10 nitrogen and oxygen atoms in total. The van der Waals surface area contributed by atoms with Gasteiger partial charge in [0.1, 0.15) is 17.1 Å². The number of thioether (sulfide) groups is 1. The second-order valence-electron chi connectivity index (χ2n) is 9.75. The summed E-state index contributed by atoms with van der Waals surface area (Å²) in [5, 5.41) is 15.9. The van der Waals surface area contributed by atoms with Crippen molar-refractivity contribution in [2.75, 3.05) is 5.75 Å². The van der Waals surface area contributed by atoms with Crippen molar-refractivity contribution in [2.45, 2.75) is 23.9 Å². The number of fused-ring (bicyclic) bond motifs is 1. The van der Waals surface area contributed by atoms with Gasteiger partial charge in [0.05, 0.1) is 6.42 Å². The van der Waals surface area contributed by atoms with Crippen LogP contribution in [0.2, 0.25) is 0 Å². The zero-order valence-corrected chi connectivity index (χ0v) is 24.2. The topological polar surface area (TPSA) is 119 Å². The van der Waals surface area contributed by atoms with Gasteiger partial charge in [-0.05, 0) is 33.0 Å². The van der Waals surface area contributed by atoms with Crippen molar-refractivity contribution in [3.05, 3.63) is 118 Å². The van der Waals surface area contributed by atoms with Crippen LogP contribution in [0.15, 0.2) is 96.0 Å². The summed E-state index contributed by atoms with van der Waals surface area (Å²) in [7, 11) is 1.67. The number of amides is 2. The molecule has 4 aromatic rings. The van der Waals surface area contributed by atoms with Gasteiger partial charge in [-0.15, -0.1) is 28.2 Å². The van der Waals surface area contributed by atoms with Gasteiger partial charge >= 0.3 is 5.97 Å². The van der Waals surface area contributed by atoms with Crippen molar-refractivity contribution in [1.82, 2.24) is 30.4 Å². The van der Waals surface area contributed by atoms with Crippen LogP contribution in [0.3, 0.4) is 0 Å². The Kier molecular flexibility index (Phi) is 7.72. The minimum atomic E-state index is -0.768. The third-order valence-electron chi connectivity index (χ3n) is 7.08. The van der Waals surface area contributed by atoms with Gasteiger partial charge in [0, 0.05) is 28.8 Å². The van der Waals surface area contributed by atoms with E-state index in [4.69, 9.17) is 4.74 Å². The van der Waals surface area contributed by atoms with Crippen LogP contribution < -0.4 is 5.32 Å². The smallest absolute Gasteiger partial charge is 0.356 e. The minimum absolute atomic E-state index is 0.0809. The maximum Gasteiger partial charge on any atom is 0.356 e. The fourth-order valence-corrected chi connectivity index (χ4v) is 7.09. The molecule has 4 heterocycles. The van der Waals surface area contributed by atoms with E-state index >= 15 is 0 Å². The number of aryl methyl sites for hydroxylation is 1. The van der Waals surface area contributed by atoms with Gasteiger partial charge in [-0.1, -0.05) is 73.3 Å². The third-order valence-corrected chi connectivity index (χ3v) is 9.23. The largest absolute Gasteiger partial charge is 0.448 e. The Morgan fingerprint density at radius 1 is 1.07 bits per heavy atom. The first-order valence-electron chi connectivity index (χ1n) is 13.1. The molecule has 0 radical (unpaired) electrons. The molecule has 1 saturated heterocycles. The van der Waals surface area contributed by atoms with Crippen molar-refractivity contribution in [1.29, 1.82) is 0 Å². The maximum atomic E-state index is 14.1. The second-order valence-corrected chi connectivity index (χ2v) is 11.9. The molecule has 6 rings (SSSR count). The molecule has 2 aliphatic heterocycles. The van der Waals surface area contributed by atoms with E-state index in [2.05, 4.69) is 27.4 Å². The second kappa shape index (κ2) is 11.7. The standard InChI is InChI=1S/C30H26N6O4S2/c1-18(27-32-33-34-35(27)2)22-17-42-29-24(31-23(37)16-21-14-9-15-41-21)28(38)36(29)25(22)30(39)40-26(19-10-5-3-6-11-19)20-12-7-4-8-13-20/h3-15,24,26,29H,1,16-17H2,2H3,(H,31,37)/t24?,29-/m1/s1. The van der Waals surface area contributed by atoms with Crippen LogP contribution in [0.4, 0.5) is 0 Å². The molecule has 2 aromatic heterocycles. The summed E-state index contributed by atoms with van der Waals surface area (Å²) in [5.74, 6) is -0.621. The lowest BCUT2D eigenvalue weighted by molar-refractivity contribution is -0.154. The van der Waals surface area contributed by atoms with Crippen molar-refractivity contribution in [3.8, 4) is 0 Å². The van der Waals surface area contributed by atoms with E-state index in [1.807, 2.05) is 78.2 Å². The van der Waals surface area contributed by atoms with Crippen LogP contribution in [0.25, 0.3) is 5.57 Å². The highest BCUT2D eigenvalue weighted by Crippen LogP contribution is 2.44. The molecular formula is C30H26N6O4S2. The van der Waals surface area contributed by atoms with Gasteiger partial charge in [-0.25, -0.2) is 9.48 Å². The Balaban J connectivity index is 1.33. The number of β-lactam (4-membered cyclic amide) rings is 1. The van der Waals surface area contributed by atoms with Gasteiger partial charge in [-0.2, -0.15) is 0 Å². The molecule has 0 saturated carbocycles. The number of hydrogen-bond donors (Lipinski definition) is 1. The Bertz CT molecular complexity index is 1630. The SMILES string of the molecule is C=C(C1=C(C(=O)OC(c2ccccc2)c2ccccc2)N2C(=O)C(NC(=O)Cc3cccs3)[C@H]2SC1)c1nnnn1C. The lowest BCUT2D eigenvalue weighted by Gasteiger charge is -2.50. The van der Waals surface area contributed by atoms with E-state index in [-0.39, 0.29) is 18.0 Å². The number of aromatic nitrogens is 4. The molecule has 0 aliphatic carbocycles. The van der Waals surface area contributed by atoms with E-state index in [1.165, 1.54) is 32.7 Å². The quantitative estimate of drug-likeness (QED) is 0.230. The number of carbonyl (C=O) groups is 3. The molecule has 2 amide bonds. The number of esters is 1. The highest BCUT2D eigenvalue weighted by Gasteiger charge is 2.55. The van der Waals surface area contributed by atoms with Crippen LogP contribution in [0.5, 0.6) is 0 Å². The summed E-state index contributed by atoms with van der Waals surface area (Å²) in [6.45, 7) is 4.18. The van der Waals surface area contributed by atoms with Crippen LogP contribution in [-0.4, -0.2) is 60.1 Å². The highest BCUT2D eigenvalue weighted by molar-refractivity contribution is 8.00. The van der Waals surface area contributed by atoms with Crippen molar-refractivity contribution < 1.29 is 19.1 Å². The van der Waals surface area contributed by atoms with Crippen LogP contribution in [0, 0.1) is 0 Å². The number of nitrogens with zero attached hydrogens (tertiary/aromatic N) is 5. The number of thiophene rings is 1. The summed E-state index contributed by atoms with van der Waals surface area (Å²) in [6.07, 6.45) is -0.537. The molecule has 42 heavy (non-hydrogen) atoms. The lowest BCUT2D eigenvalue weighted by atomic mass is 9.98. The normalized spacial score (nSPS) is 18.0. The summed E-state index contributed by atoms with van der Waals surface area (Å²) in [4.78, 5) is 42.8. The molecule has 212 valence electrons. The molecule has 0 spiro atoms. The average molecular weight is 599 g/mol. The van der Waals surface area contributed by atoms with Gasteiger partial charge in [0.2, 0.25) is 5.91 Å². The average Bonchev–Trinajstić information content (AvgIpc) is 3.69. The first-order chi connectivity index (χ1) is 20.4. The van der Waals surface area contributed by atoms with Crippen molar-refractivity contribution in [2.24, 2.45) is 7.05 Å². The number of nitrogens with one attached hydrogen (secondary N) is 1. The van der Waals surface area contributed by atoms with E-state index in [1.54, 1.807) is 7.05 Å². The van der Waals surface area contributed by atoms with Gasteiger partial charge < -0.3 is 10.1 Å². The molecule has 2 aliphatic rings.